The molecule has 6 nitrogen and oxygen atoms in total. The van der Waals surface area contributed by atoms with Crippen LogP contribution < -0.4 is 5.32 Å². The number of aromatic carboxylic acids is 1. The van der Waals surface area contributed by atoms with E-state index in [1.54, 1.807) is 6.92 Å². The molecule has 1 amide bonds. The third-order valence-corrected chi connectivity index (χ3v) is 2.44. The topological polar surface area (TPSA) is 99.5 Å². The van der Waals surface area contributed by atoms with Crippen molar-refractivity contribution < 1.29 is 19.8 Å². The molecule has 0 bridgehead atoms. The molecule has 1 heterocycles. The number of carbonyl (C=O) groups excluding carboxylic acids is 1. The number of carboxylic acid groups (broad SMARTS) is 1. The smallest absolute Gasteiger partial charge is 0.348 e. The van der Waals surface area contributed by atoms with Crippen LogP contribution in [0.5, 0.6) is 0 Å². The molecule has 0 aliphatic heterocycles. The van der Waals surface area contributed by atoms with E-state index in [1.165, 1.54) is 5.51 Å². The van der Waals surface area contributed by atoms with E-state index in [2.05, 4.69) is 10.3 Å². The first kappa shape index (κ1) is 11.6. The predicted octanol–water partition coefficient (Wildman–Crippen LogP) is -0.0481. The Kier molecular flexibility index (Phi) is 3.75. The maximum atomic E-state index is 11.5. The zero-order chi connectivity index (χ0) is 11.4. The van der Waals surface area contributed by atoms with Crippen LogP contribution in [-0.2, 0) is 0 Å². The molecule has 15 heavy (non-hydrogen) atoms. The third kappa shape index (κ3) is 2.74. The van der Waals surface area contributed by atoms with Crippen molar-refractivity contribution in [3.8, 4) is 0 Å². The van der Waals surface area contributed by atoms with E-state index >= 15 is 0 Å². The summed E-state index contributed by atoms with van der Waals surface area (Å²) in [4.78, 5) is 25.7. The largest absolute Gasteiger partial charge is 0.477 e. The number of carboxylic acids is 1. The quantitative estimate of drug-likeness (QED) is 0.673. The van der Waals surface area contributed by atoms with Crippen LogP contribution in [0.15, 0.2) is 5.51 Å². The molecule has 0 saturated heterocycles. The number of aliphatic hydroxyl groups excluding tert-OH is 1. The molecular formula is C8H10N2O4S. The van der Waals surface area contributed by atoms with Crippen LogP contribution in [0.2, 0.25) is 0 Å². The fourth-order valence-corrected chi connectivity index (χ4v) is 1.52. The van der Waals surface area contributed by atoms with Gasteiger partial charge in [0.1, 0.15) is 4.88 Å². The van der Waals surface area contributed by atoms with E-state index < -0.39 is 17.9 Å². The number of rotatable bonds is 4. The zero-order valence-corrected chi connectivity index (χ0v) is 8.74. The van der Waals surface area contributed by atoms with Crippen LogP contribution in [0.4, 0.5) is 0 Å². The van der Waals surface area contributed by atoms with Gasteiger partial charge >= 0.3 is 5.97 Å². The first-order valence-electron chi connectivity index (χ1n) is 4.14. The van der Waals surface area contributed by atoms with Crippen molar-refractivity contribution >= 4 is 23.2 Å². The highest BCUT2D eigenvalue weighted by Gasteiger charge is 2.20. The normalized spacial score (nSPS) is 12.1. The molecule has 1 rings (SSSR count). The van der Waals surface area contributed by atoms with Crippen molar-refractivity contribution in [2.75, 3.05) is 6.61 Å². The fraction of sp³-hybridized carbons (Fsp3) is 0.375. The van der Waals surface area contributed by atoms with Gasteiger partial charge in [-0.05, 0) is 6.92 Å². The minimum atomic E-state index is -1.18. The summed E-state index contributed by atoms with van der Waals surface area (Å²) in [7, 11) is 0. The van der Waals surface area contributed by atoms with Crippen LogP contribution in [0.25, 0.3) is 0 Å². The summed E-state index contributed by atoms with van der Waals surface area (Å²) in [5, 5.41) is 19.9. The van der Waals surface area contributed by atoms with Crippen molar-refractivity contribution in [3.05, 3.63) is 16.1 Å². The molecule has 0 spiro atoms. The van der Waals surface area contributed by atoms with E-state index in [0.29, 0.717) is 0 Å². The van der Waals surface area contributed by atoms with Gasteiger partial charge in [0.15, 0.2) is 5.69 Å². The van der Waals surface area contributed by atoms with Crippen LogP contribution >= 0.6 is 11.3 Å². The van der Waals surface area contributed by atoms with Gasteiger partial charge in [0, 0.05) is 6.04 Å². The summed E-state index contributed by atoms with van der Waals surface area (Å²) in [5.74, 6) is -1.77. The second-order valence-electron chi connectivity index (χ2n) is 2.89. The lowest BCUT2D eigenvalue weighted by Crippen LogP contribution is -2.35. The Morgan fingerprint density at radius 1 is 1.67 bits per heavy atom. The van der Waals surface area contributed by atoms with Gasteiger partial charge in [-0.2, -0.15) is 0 Å². The first-order chi connectivity index (χ1) is 7.06. The van der Waals surface area contributed by atoms with Crippen molar-refractivity contribution in [3.63, 3.8) is 0 Å². The highest BCUT2D eigenvalue weighted by Crippen LogP contribution is 2.13. The Hall–Kier alpha value is -1.47. The Labute approximate surface area is 89.6 Å². The number of hydrogen-bond acceptors (Lipinski definition) is 5. The van der Waals surface area contributed by atoms with Crippen molar-refractivity contribution in [1.82, 2.24) is 10.3 Å². The van der Waals surface area contributed by atoms with E-state index in [-0.39, 0.29) is 17.2 Å². The molecule has 0 aliphatic carbocycles. The second-order valence-corrected chi connectivity index (χ2v) is 3.75. The SMILES string of the molecule is CC(CO)NC(=O)c1ncsc1C(=O)O. The zero-order valence-electron chi connectivity index (χ0n) is 7.93. The molecular weight excluding hydrogens is 220 g/mol. The number of hydrogen-bond donors (Lipinski definition) is 3. The average Bonchev–Trinajstić information content (AvgIpc) is 2.65. The van der Waals surface area contributed by atoms with E-state index in [1.807, 2.05) is 0 Å². The van der Waals surface area contributed by atoms with Gasteiger partial charge in [0.05, 0.1) is 12.1 Å². The Bertz CT molecular complexity index is 376. The molecule has 1 aromatic rings. The minimum absolute atomic E-state index is 0.0994. The van der Waals surface area contributed by atoms with Gasteiger partial charge in [-0.1, -0.05) is 0 Å². The summed E-state index contributed by atoms with van der Waals surface area (Å²) in [6.45, 7) is 1.39. The molecule has 1 unspecified atom stereocenters. The summed E-state index contributed by atoms with van der Waals surface area (Å²) >= 11 is 0.887. The van der Waals surface area contributed by atoms with Crippen molar-refractivity contribution in [2.24, 2.45) is 0 Å². The van der Waals surface area contributed by atoms with Gasteiger partial charge in [0.25, 0.3) is 5.91 Å². The van der Waals surface area contributed by atoms with Gasteiger partial charge in [-0.25, -0.2) is 9.78 Å². The second kappa shape index (κ2) is 4.85. The summed E-state index contributed by atoms with van der Waals surface area (Å²) < 4.78 is 0. The van der Waals surface area contributed by atoms with Crippen LogP contribution in [0.1, 0.15) is 27.1 Å². The molecule has 82 valence electrons. The molecule has 7 heteroatoms. The van der Waals surface area contributed by atoms with Crippen molar-refractivity contribution in [2.45, 2.75) is 13.0 Å². The van der Waals surface area contributed by atoms with Crippen LogP contribution in [-0.4, -0.2) is 39.7 Å². The highest BCUT2D eigenvalue weighted by atomic mass is 32.1. The fourth-order valence-electron chi connectivity index (χ4n) is 0.897. The molecule has 3 N–H and O–H groups in total. The molecule has 1 aromatic heterocycles. The number of thiazole rings is 1. The number of aliphatic hydroxyl groups is 1. The lowest BCUT2D eigenvalue weighted by atomic mass is 10.3. The molecule has 0 aliphatic rings. The number of carbonyl (C=O) groups is 2. The summed E-state index contributed by atoms with van der Waals surface area (Å²) in [6, 6.07) is -0.430. The standard InChI is InChI=1S/C8H10N2O4S/c1-4(2-11)10-7(12)5-6(8(13)14)15-3-9-5/h3-4,11H,2H2,1H3,(H,10,12)(H,13,14). The summed E-state index contributed by atoms with van der Waals surface area (Å²) in [6.07, 6.45) is 0. The monoisotopic (exact) mass is 230 g/mol. The lowest BCUT2D eigenvalue weighted by molar-refractivity contribution is 0.0695. The number of nitrogens with one attached hydrogen (secondary N) is 1. The first-order valence-corrected chi connectivity index (χ1v) is 5.02. The van der Waals surface area contributed by atoms with Crippen LogP contribution in [0, 0.1) is 0 Å². The number of amides is 1. The van der Waals surface area contributed by atoms with Crippen LogP contribution in [0.3, 0.4) is 0 Å². The molecule has 0 aromatic carbocycles. The van der Waals surface area contributed by atoms with Gasteiger partial charge in [-0.3, -0.25) is 4.79 Å². The maximum absolute atomic E-state index is 11.5. The number of aromatic nitrogens is 1. The third-order valence-electron chi connectivity index (χ3n) is 1.63. The maximum Gasteiger partial charge on any atom is 0.348 e. The minimum Gasteiger partial charge on any atom is -0.477 e. The number of nitrogens with zero attached hydrogens (tertiary/aromatic N) is 1. The van der Waals surface area contributed by atoms with E-state index in [4.69, 9.17) is 10.2 Å². The lowest BCUT2D eigenvalue weighted by Gasteiger charge is -2.09. The Balaban J connectivity index is 2.82. The van der Waals surface area contributed by atoms with Gasteiger partial charge in [0.2, 0.25) is 0 Å². The average molecular weight is 230 g/mol. The Morgan fingerprint density at radius 3 is 2.87 bits per heavy atom. The highest BCUT2D eigenvalue weighted by molar-refractivity contribution is 7.12. The van der Waals surface area contributed by atoms with Gasteiger partial charge in [-0.15, -0.1) is 11.3 Å². The van der Waals surface area contributed by atoms with E-state index in [9.17, 15) is 9.59 Å². The van der Waals surface area contributed by atoms with E-state index in [0.717, 1.165) is 11.3 Å². The Morgan fingerprint density at radius 2 is 2.33 bits per heavy atom. The summed E-state index contributed by atoms with van der Waals surface area (Å²) in [5.41, 5.74) is 1.18. The molecule has 0 radical (unpaired) electrons. The van der Waals surface area contributed by atoms with Crippen molar-refractivity contribution in [1.29, 1.82) is 0 Å². The molecule has 0 saturated carbocycles. The van der Waals surface area contributed by atoms with Gasteiger partial charge < -0.3 is 15.5 Å². The molecule has 1 atom stereocenters. The predicted molar refractivity (Wildman–Crippen MR) is 53.1 cm³/mol. The molecule has 0 fully saturated rings.